The molecule has 0 aliphatic carbocycles. The maximum absolute atomic E-state index is 8.73. The fourth-order valence-corrected chi connectivity index (χ4v) is 0.415. The van der Waals surface area contributed by atoms with Crippen molar-refractivity contribution in [2.45, 2.75) is 12.2 Å². The molecule has 5 nitrogen and oxygen atoms in total. The van der Waals surface area contributed by atoms with Crippen molar-refractivity contribution < 1.29 is 25.5 Å². The molecule has 0 saturated heterocycles. The van der Waals surface area contributed by atoms with Gasteiger partial charge in [-0.1, -0.05) is 0 Å². The third-order valence-corrected chi connectivity index (χ3v) is 1.05. The molecule has 5 heteroatoms. The predicted molar refractivity (Wildman–Crippen MR) is 31.4 cm³/mol. The lowest BCUT2D eigenvalue weighted by atomic mass is 10.1. The smallest absolute Gasteiger partial charge is 0.149 e. The molecule has 0 saturated carbocycles. The van der Waals surface area contributed by atoms with Crippen LogP contribution in [-0.2, 0) is 0 Å². The van der Waals surface area contributed by atoms with Gasteiger partial charge in [0, 0.05) is 0 Å². The van der Waals surface area contributed by atoms with Gasteiger partial charge in [0.1, 0.15) is 18.3 Å². The molecule has 0 aromatic rings. The summed E-state index contributed by atoms with van der Waals surface area (Å²) in [7, 11) is 0. The second kappa shape index (κ2) is 4.59. The van der Waals surface area contributed by atoms with Gasteiger partial charge in [-0.15, -0.1) is 0 Å². The summed E-state index contributed by atoms with van der Waals surface area (Å²) >= 11 is 0. The first-order valence-corrected chi connectivity index (χ1v) is 2.76. The zero-order valence-electron chi connectivity index (χ0n) is 5.30. The minimum atomic E-state index is -1.57. The monoisotopic (exact) mass is 151 g/mol. The predicted octanol–water partition coefficient (Wildman–Crippen LogP) is -2.40. The standard InChI is InChI=1S/C5H11O5/c6-1-3(8)5(10)4(9)2-7/h3,5-10H,1-2H2. The van der Waals surface area contributed by atoms with E-state index >= 15 is 0 Å². The molecule has 0 amide bonds. The summed E-state index contributed by atoms with van der Waals surface area (Å²) in [5, 5.41) is 42.4. The van der Waals surface area contributed by atoms with Gasteiger partial charge in [0.05, 0.1) is 13.2 Å². The molecule has 0 aromatic carbocycles. The maximum Gasteiger partial charge on any atom is 0.149 e. The SMILES string of the molecule is OC[C](O)C(O)C(O)CO. The third kappa shape index (κ3) is 2.59. The van der Waals surface area contributed by atoms with Gasteiger partial charge in [-0.3, -0.25) is 0 Å². The summed E-state index contributed by atoms with van der Waals surface area (Å²) in [6.07, 6.45) is -3.66. The average molecular weight is 151 g/mol. The minimum Gasteiger partial charge on any atom is -0.394 e. The van der Waals surface area contributed by atoms with Crippen LogP contribution in [0, 0.1) is 6.10 Å². The van der Waals surface area contributed by atoms with Crippen LogP contribution in [0.2, 0.25) is 0 Å². The largest absolute Gasteiger partial charge is 0.394 e. The molecule has 0 fully saturated rings. The van der Waals surface area contributed by atoms with Crippen molar-refractivity contribution in [3.63, 3.8) is 0 Å². The highest BCUT2D eigenvalue weighted by molar-refractivity contribution is 4.88. The lowest BCUT2D eigenvalue weighted by Crippen LogP contribution is -2.36. The first kappa shape index (κ1) is 9.80. The Morgan fingerprint density at radius 2 is 1.70 bits per heavy atom. The van der Waals surface area contributed by atoms with E-state index in [4.69, 9.17) is 25.5 Å². The Bertz CT molecular complexity index is 76.1. The van der Waals surface area contributed by atoms with Gasteiger partial charge in [0.25, 0.3) is 0 Å². The van der Waals surface area contributed by atoms with E-state index in [0.29, 0.717) is 0 Å². The van der Waals surface area contributed by atoms with Crippen molar-refractivity contribution in [1.29, 1.82) is 0 Å². The van der Waals surface area contributed by atoms with Crippen LogP contribution in [0.5, 0.6) is 0 Å². The Kier molecular flexibility index (Phi) is 4.50. The summed E-state index contributed by atoms with van der Waals surface area (Å²) in [6, 6.07) is 0. The van der Waals surface area contributed by atoms with Crippen LogP contribution in [0.3, 0.4) is 0 Å². The lowest BCUT2D eigenvalue weighted by Gasteiger charge is -2.18. The molecular weight excluding hydrogens is 140 g/mol. The Morgan fingerprint density at radius 3 is 2.00 bits per heavy atom. The normalized spacial score (nSPS) is 17.4. The first-order valence-electron chi connectivity index (χ1n) is 2.76. The summed E-state index contributed by atoms with van der Waals surface area (Å²) in [6.45, 7) is -1.39. The Balaban J connectivity index is 3.69. The molecule has 0 aromatic heterocycles. The Morgan fingerprint density at radius 1 is 1.20 bits per heavy atom. The molecule has 0 rings (SSSR count). The van der Waals surface area contributed by atoms with Gasteiger partial charge in [-0.25, -0.2) is 0 Å². The summed E-state index contributed by atoms with van der Waals surface area (Å²) in [5.41, 5.74) is 0. The third-order valence-electron chi connectivity index (χ3n) is 1.05. The zero-order chi connectivity index (χ0) is 8.15. The van der Waals surface area contributed by atoms with E-state index in [9.17, 15) is 0 Å². The minimum absolute atomic E-state index is 0.651. The topological polar surface area (TPSA) is 101 Å². The zero-order valence-corrected chi connectivity index (χ0v) is 5.30. The molecule has 10 heavy (non-hydrogen) atoms. The number of hydrogen-bond acceptors (Lipinski definition) is 5. The molecule has 2 atom stereocenters. The molecule has 1 radical (unpaired) electrons. The molecule has 0 aliphatic heterocycles. The van der Waals surface area contributed by atoms with E-state index < -0.39 is 31.5 Å². The van der Waals surface area contributed by atoms with E-state index in [1.807, 2.05) is 0 Å². The van der Waals surface area contributed by atoms with Crippen molar-refractivity contribution in [1.82, 2.24) is 0 Å². The van der Waals surface area contributed by atoms with E-state index in [-0.39, 0.29) is 0 Å². The van der Waals surface area contributed by atoms with Crippen molar-refractivity contribution in [3.05, 3.63) is 6.10 Å². The van der Waals surface area contributed by atoms with E-state index in [1.165, 1.54) is 0 Å². The average Bonchev–Trinajstić information content (AvgIpc) is 2.00. The van der Waals surface area contributed by atoms with Crippen molar-refractivity contribution in [2.75, 3.05) is 13.2 Å². The maximum atomic E-state index is 8.73. The quantitative estimate of drug-likeness (QED) is 0.308. The Hall–Kier alpha value is -0.200. The molecule has 0 bridgehead atoms. The van der Waals surface area contributed by atoms with Gasteiger partial charge in [0.15, 0.2) is 0 Å². The number of aliphatic hydroxyl groups is 5. The summed E-state index contributed by atoms with van der Waals surface area (Å²) in [5.74, 6) is 0. The van der Waals surface area contributed by atoms with Gasteiger partial charge in [0.2, 0.25) is 0 Å². The molecule has 61 valence electrons. The van der Waals surface area contributed by atoms with Crippen LogP contribution in [0.15, 0.2) is 0 Å². The molecule has 0 aliphatic rings. The van der Waals surface area contributed by atoms with Crippen molar-refractivity contribution in [3.8, 4) is 0 Å². The number of rotatable bonds is 4. The van der Waals surface area contributed by atoms with E-state index in [1.54, 1.807) is 0 Å². The first-order chi connectivity index (χ1) is 4.63. The van der Waals surface area contributed by atoms with Gasteiger partial charge in [-0.2, -0.15) is 0 Å². The van der Waals surface area contributed by atoms with Crippen LogP contribution in [0.4, 0.5) is 0 Å². The highest BCUT2D eigenvalue weighted by atomic mass is 16.4. The number of hydrogen-bond donors (Lipinski definition) is 5. The highest BCUT2D eigenvalue weighted by Crippen LogP contribution is 2.04. The Labute approximate surface area is 58.2 Å². The molecule has 2 unspecified atom stereocenters. The lowest BCUT2D eigenvalue weighted by molar-refractivity contribution is -0.0459. The van der Waals surface area contributed by atoms with Gasteiger partial charge >= 0.3 is 0 Å². The van der Waals surface area contributed by atoms with Crippen LogP contribution in [0.1, 0.15) is 0 Å². The second-order valence-corrected chi connectivity index (χ2v) is 1.84. The van der Waals surface area contributed by atoms with Crippen LogP contribution < -0.4 is 0 Å². The molecular formula is C5H11O5. The van der Waals surface area contributed by atoms with Crippen LogP contribution in [-0.4, -0.2) is 51.0 Å². The second-order valence-electron chi connectivity index (χ2n) is 1.84. The van der Waals surface area contributed by atoms with Gasteiger partial charge < -0.3 is 25.5 Å². The molecule has 5 N–H and O–H groups in total. The fourth-order valence-electron chi connectivity index (χ4n) is 0.415. The van der Waals surface area contributed by atoms with Crippen molar-refractivity contribution >= 4 is 0 Å². The summed E-state index contributed by atoms with van der Waals surface area (Å²) < 4.78 is 0. The number of aliphatic hydroxyl groups excluding tert-OH is 5. The fraction of sp³-hybridized carbons (Fsp3) is 0.800. The van der Waals surface area contributed by atoms with Crippen LogP contribution in [0.25, 0.3) is 0 Å². The van der Waals surface area contributed by atoms with E-state index in [0.717, 1.165) is 0 Å². The molecule has 0 heterocycles. The van der Waals surface area contributed by atoms with Gasteiger partial charge in [-0.05, 0) is 0 Å². The summed E-state index contributed by atoms with van der Waals surface area (Å²) in [4.78, 5) is 0. The molecule has 0 spiro atoms. The van der Waals surface area contributed by atoms with Crippen molar-refractivity contribution in [2.24, 2.45) is 0 Å². The van der Waals surface area contributed by atoms with E-state index in [2.05, 4.69) is 0 Å². The highest BCUT2D eigenvalue weighted by Gasteiger charge is 2.23. The van der Waals surface area contributed by atoms with Crippen LogP contribution >= 0.6 is 0 Å².